The largest absolute Gasteiger partial charge is 0.483 e. The van der Waals surface area contributed by atoms with E-state index in [9.17, 15) is 13.2 Å². The monoisotopic (exact) mass is 362 g/mol. The van der Waals surface area contributed by atoms with E-state index in [0.29, 0.717) is 17.4 Å². The summed E-state index contributed by atoms with van der Waals surface area (Å²) in [6.07, 6.45) is 0. The topological polar surface area (TPSA) is 98.5 Å². The number of anilines is 1. The van der Waals surface area contributed by atoms with Crippen molar-refractivity contribution in [3.05, 3.63) is 53.6 Å². The van der Waals surface area contributed by atoms with Crippen LogP contribution in [0.15, 0.2) is 47.4 Å². The van der Waals surface area contributed by atoms with Gasteiger partial charge in [0.2, 0.25) is 10.0 Å². The van der Waals surface area contributed by atoms with Crippen LogP contribution in [0.4, 0.5) is 5.69 Å². The lowest BCUT2D eigenvalue weighted by molar-refractivity contribution is -0.118. The zero-order valence-corrected chi connectivity index (χ0v) is 15.3. The van der Waals surface area contributed by atoms with Crippen molar-refractivity contribution in [2.75, 3.05) is 11.9 Å². The second kappa shape index (κ2) is 7.67. The minimum atomic E-state index is -3.82. The number of rotatable bonds is 6. The van der Waals surface area contributed by atoms with Gasteiger partial charge in [0.15, 0.2) is 6.61 Å². The van der Waals surface area contributed by atoms with Gasteiger partial charge in [0, 0.05) is 5.69 Å². The number of carbonyl (C=O) groups is 1. The SMILES string of the molecule is Cc1ccc(C(C)C)cc1OCC(=O)Nc1cccc(S(N)(=O)=O)c1. The highest BCUT2D eigenvalue weighted by Gasteiger charge is 2.11. The van der Waals surface area contributed by atoms with E-state index in [1.54, 1.807) is 6.07 Å². The number of hydrogen-bond acceptors (Lipinski definition) is 4. The highest BCUT2D eigenvalue weighted by Crippen LogP contribution is 2.24. The first-order valence-electron chi connectivity index (χ1n) is 7.83. The molecule has 0 spiro atoms. The zero-order chi connectivity index (χ0) is 18.6. The van der Waals surface area contributed by atoms with Crippen molar-refractivity contribution in [2.24, 2.45) is 5.14 Å². The van der Waals surface area contributed by atoms with Gasteiger partial charge < -0.3 is 10.1 Å². The molecule has 25 heavy (non-hydrogen) atoms. The third-order valence-corrected chi connectivity index (χ3v) is 4.59. The van der Waals surface area contributed by atoms with Gasteiger partial charge in [-0.2, -0.15) is 0 Å². The first-order valence-corrected chi connectivity index (χ1v) is 9.37. The third-order valence-electron chi connectivity index (χ3n) is 3.68. The van der Waals surface area contributed by atoms with Crippen LogP contribution in [0.3, 0.4) is 0 Å². The average Bonchev–Trinajstić information content (AvgIpc) is 2.53. The number of benzene rings is 2. The van der Waals surface area contributed by atoms with Crippen LogP contribution < -0.4 is 15.2 Å². The maximum atomic E-state index is 12.1. The molecule has 2 rings (SSSR count). The molecule has 0 unspecified atom stereocenters. The molecule has 0 atom stereocenters. The number of nitrogens with one attached hydrogen (secondary N) is 1. The molecule has 1 amide bonds. The third kappa shape index (κ3) is 5.30. The molecular weight excluding hydrogens is 340 g/mol. The van der Waals surface area contributed by atoms with Gasteiger partial charge in [-0.05, 0) is 48.2 Å². The summed E-state index contributed by atoms with van der Waals surface area (Å²) < 4.78 is 28.3. The fraction of sp³-hybridized carbons (Fsp3) is 0.278. The van der Waals surface area contributed by atoms with Gasteiger partial charge in [-0.25, -0.2) is 13.6 Å². The first-order chi connectivity index (χ1) is 11.7. The molecule has 0 aliphatic carbocycles. The number of carbonyl (C=O) groups excluding carboxylic acids is 1. The number of ether oxygens (including phenoxy) is 1. The van der Waals surface area contributed by atoms with Crippen LogP contribution >= 0.6 is 0 Å². The molecule has 7 heteroatoms. The van der Waals surface area contributed by atoms with E-state index in [1.165, 1.54) is 18.2 Å². The zero-order valence-electron chi connectivity index (χ0n) is 14.4. The van der Waals surface area contributed by atoms with E-state index < -0.39 is 10.0 Å². The lowest BCUT2D eigenvalue weighted by Crippen LogP contribution is -2.21. The molecular formula is C18H22N2O4S. The minimum absolute atomic E-state index is 0.0632. The molecule has 0 aromatic heterocycles. The fourth-order valence-electron chi connectivity index (χ4n) is 2.22. The highest BCUT2D eigenvalue weighted by atomic mass is 32.2. The molecule has 6 nitrogen and oxygen atoms in total. The second-order valence-corrected chi connectivity index (χ2v) is 7.65. The Morgan fingerprint density at radius 2 is 1.92 bits per heavy atom. The Morgan fingerprint density at radius 1 is 1.20 bits per heavy atom. The van der Waals surface area contributed by atoms with Crippen molar-refractivity contribution in [2.45, 2.75) is 31.6 Å². The average molecular weight is 362 g/mol. The normalized spacial score (nSPS) is 11.4. The molecule has 2 aromatic carbocycles. The summed E-state index contributed by atoms with van der Waals surface area (Å²) in [5.74, 6) is 0.623. The van der Waals surface area contributed by atoms with Crippen molar-refractivity contribution >= 4 is 21.6 Å². The molecule has 2 aromatic rings. The maximum absolute atomic E-state index is 12.1. The summed E-state index contributed by atoms with van der Waals surface area (Å²) >= 11 is 0. The molecule has 0 bridgehead atoms. The predicted octanol–water partition coefficient (Wildman–Crippen LogP) is 2.78. The summed E-state index contributed by atoms with van der Waals surface area (Å²) in [7, 11) is -3.82. The summed E-state index contributed by atoms with van der Waals surface area (Å²) in [5.41, 5.74) is 2.41. The van der Waals surface area contributed by atoms with Crippen LogP contribution in [0, 0.1) is 6.92 Å². The quantitative estimate of drug-likeness (QED) is 0.825. The number of primary sulfonamides is 1. The van der Waals surface area contributed by atoms with Crippen LogP contribution in [0.25, 0.3) is 0 Å². The fourth-order valence-corrected chi connectivity index (χ4v) is 2.78. The number of hydrogen-bond donors (Lipinski definition) is 2. The molecule has 0 aliphatic rings. The lowest BCUT2D eigenvalue weighted by atomic mass is 10.0. The van der Waals surface area contributed by atoms with Gasteiger partial charge in [0.1, 0.15) is 5.75 Å². The Kier molecular flexibility index (Phi) is 5.81. The van der Waals surface area contributed by atoms with E-state index in [2.05, 4.69) is 19.2 Å². The van der Waals surface area contributed by atoms with Crippen LogP contribution in [-0.4, -0.2) is 20.9 Å². The van der Waals surface area contributed by atoms with Crippen LogP contribution in [0.5, 0.6) is 5.75 Å². The minimum Gasteiger partial charge on any atom is -0.483 e. The molecule has 0 saturated carbocycles. The van der Waals surface area contributed by atoms with E-state index in [0.717, 1.165) is 11.1 Å². The van der Waals surface area contributed by atoms with Crippen molar-refractivity contribution < 1.29 is 17.9 Å². The number of amides is 1. The maximum Gasteiger partial charge on any atom is 0.262 e. The number of nitrogens with two attached hydrogens (primary N) is 1. The first kappa shape index (κ1) is 19.0. The van der Waals surface area contributed by atoms with Crippen LogP contribution in [-0.2, 0) is 14.8 Å². The summed E-state index contributed by atoms with van der Waals surface area (Å²) in [4.78, 5) is 12.0. The molecule has 3 N–H and O–H groups in total. The van der Waals surface area contributed by atoms with E-state index in [-0.39, 0.29) is 17.4 Å². The molecule has 134 valence electrons. The van der Waals surface area contributed by atoms with Gasteiger partial charge in [0.25, 0.3) is 5.91 Å². The molecule has 0 aliphatic heterocycles. The van der Waals surface area contributed by atoms with Gasteiger partial charge in [0.05, 0.1) is 4.90 Å². The van der Waals surface area contributed by atoms with Gasteiger partial charge in [-0.15, -0.1) is 0 Å². The second-order valence-electron chi connectivity index (χ2n) is 6.09. The molecule has 0 saturated heterocycles. The van der Waals surface area contributed by atoms with E-state index in [1.807, 2.05) is 25.1 Å². The Morgan fingerprint density at radius 3 is 2.56 bits per heavy atom. The Hall–Kier alpha value is -2.38. The Bertz CT molecular complexity index is 876. The Balaban J connectivity index is 2.03. The van der Waals surface area contributed by atoms with Crippen molar-refractivity contribution in [3.63, 3.8) is 0 Å². The molecule has 0 radical (unpaired) electrons. The summed E-state index contributed by atoms with van der Waals surface area (Å²) in [6, 6.07) is 11.7. The standard InChI is InChI=1S/C18H22N2O4S/c1-12(2)14-8-7-13(3)17(9-14)24-11-18(21)20-15-5-4-6-16(10-15)25(19,22)23/h4-10,12H,11H2,1-3H3,(H,20,21)(H2,19,22,23). The van der Waals surface area contributed by atoms with Gasteiger partial charge in [-0.1, -0.05) is 32.0 Å². The van der Waals surface area contributed by atoms with E-state index >= 15 is 0 Å². The van der Waals surface area contributed by atoms with Crippen molar-refractivity contribution in [1.82, 2.24) is 0 Å². The number of sulfonamides is 1. The van der Waals surface area contributed by atoms with Crippen molar-refractivity contribution in [3.8, 4) is 5.75 Å². The number of aryl methyl sites for hydroxylation is 1. The van der Waals surface area contributed by atoms with E-state index in [4.69, 9.17) is 9.88 Å². The lowest BCUT2D eigenvalue weighted by Gasteiger charge is -2.13. The molecule has 0 fully saturated rings. The van der Waals surface area contributed by atoms with Crippen LogP contribution in [0.2, 0.25) is 0 Å². The van der Waals surface area contributed by atoms with Gasteiger partial charge >= 0.3 is 0 Å². The smallest absolute Gasteiger partial charge is 0.262 e. The molecule has 0 heterocycles. The van der Waals surface area contributed by atoms with Gasteiger partial charge in [-0.3, -0.25) is 4.79 Å². The Labute approximate surface area is 148 Å². The van der Waals surface area contributed by atoms with Crippen LogP contribution in [0.1, 0.15) is 30.9 Å². The van der Waals surface area contributed by atoms with Crippen molar-refractivity contribution in [1.29, 1.82) is 0 Å². The predicted molar refractivity (Wildman–Crippen MR) is 97.2 cm³/mol. The summed E-state index contributed by atoms with van der Waals surface area (Å²) in [5, 5.41) is 7.68. The summed E-state index contributed by atoms with van der Waals surface area (Å²) in [6.45, 7) is 5.90. The highest BCUT2D eigenvalue weighted by molar-refractivity contribution is 7.89.